The van der Waals surface area contributed by atoms with Crippen molar-refractivity contribution in [2.75, 3.05) is 34.8 Å². The number of nitrogens with zero attached hydrogens (tertiary/aromatic N) is 2. The first-order chi connectivity index (χ1) is 15.2. The lowest BCUT2D eigenvalue weighted by Gasteiger charge is -2.22. The van der Waals surface area contributed by atoms with Crippen molar-refractivity contribution in [3.05, 3.63) is 76.5 Å². The second kappa shape index (κ2) is 9.79. The maximum atomic E-state index is 13.1. The van der Waals surface area contributed by atoms with E-state index in [9.17, 15) is 9.59 Å². The lowest BCUT2D eigenvalue weighted by molar-refractivity contribution is -0.115. The molecule has 160 valence electrons. The minimum Gasteiger partial charge on any atom is -0.362 e. The summed E-state index contributed by atoms with van der Waals surface area (Å²) >= 11 is 1.72. The van der Waals surface area contributed by atoms with E-state index in [1.807, 2.05) is 53.1 Å². The maximum Gasteiger partial charge on any atom is 0.258 e. The highest BCUT2D eigenvalue weighted by atomic mass is 32.1. The Morgan fingerprint density at radius 2 is 1.81 bits per heavy atom. The van der Waals surface area contributed by atoms with Crippen LogP contribution in [0.5, 0.6) is 0 Å². The normalized spacial score (nSPS) is 13.3. The third kappa shape index (κ3) is 4.97. The molecule has 0 fully saturated rings. The van der Waals surface area contributed by atoms with Gasteiger partial charge in [-0.15, -0.1) is 11.3 Å². The zero-order chi connectivity index (χ0) is 21.6. The van der Waals surface area contributed by atoms with Gasteiger partial charge in [0.2, 0.25) is 5.91 Å². The van der Waals surface area contributed by atoms with Gasteiger partial charge < -0.3 is 15.1 Å². The number of aryl methyl sites for hydroxylation is 1. The second-order valence-electron chi connectivity index (χ2n) is 7.62. The molecule has 0 unspecified atom stereocenters. The minimum absolute atomic E-state index is 0.0145. The van der Waals surface area contributed by atoms with Gasteiger partial charge >= 0.3 is 0 Å². The summed E-state index contributed by atoms with van der Waals surface area (Å²) in [6, 6.07) is 19.1. The quantitative estimate of drug-likeness (QED) is 0.582. The molecule has 1 aliphatic heterocycles. The number of likely N-dealkylation sites (N-methyl/N-ethyl adjacent to an activating group) is 1. The van der Waals surface area contributed by atoms with Crippen LogP contribution in [-0.2, 0) is 11.2 Å². The summed E-state index contributed by atoms with van der Waals surface area (Å²) in [7, 11) is 0. The van der Waals surface area contributed by atoms with E-state index in [4.69, 9.17) is 0 Å². The van der Waals surface area contributed by atoms with Crippen LogP contribution in [0.1, 0.15) is 35.0 Å². The molecule has 2 heterocycles. The Labute approximate surface area is 187 Å². The number of rotatable bonds is 6. The molecular weight excluding hydrogens is 406 g/mol. The number of fused-ring (bicyclic) bond motifs is 1. The van der Waals surface area contributed by atoms with Crippen LogP contribution in [0.25, 0.3) is 0 Å². The average Bonchev–Trinajstić information content (AvgIpc) is 3.17. The molecule has 31 heavy (non-hydrogen) atoms. The molecule has 3 aromatic rings. The van der Waals surface area contributed by atoms with Crippen molar-refractivity contribution in [1.29, 1.82) is 0 Å². The number of para-hydroxylation sites is 1. The molecule has 6 heteroatoms. The molecular formula is C25H27N3O2S. The van der Waals surface area contributed by atoms with Gasteiger partial charge in [0.15, 0.2) is 0 Å². The van der Waals surface area contributed by atoms with E-state index >= 15 is 0 Å². The van der Waals surface area contributed by atoms with Crippen molar-refractivity contribution in [2.45, 2.75) is 26.2 Å². The summed E-state index contributed by atoms with van der Waals surface area (Å²) in [5, 5.41) is 5.00. The third-order valence-electron chi connectivity index (χ3n) is 5.55. The summed E-state index contributed by atoms with van der Waals surface area (Å²) in [5.74, 6) is -0.0686. The van der Waals surface area contributed by atoms with Gasteiger partial charge in [-0.25, -0.2) is 0 Å². The summed E-state index contributed by atoms with van der Waals surface area (Å²) < 4.78 is 0. The fraction of sp³-hybridized carbons (Fsp3) is 0.280. The van der Waals surface area contributed by atoms with Gasteiger partial charge in [0.25, 0.3) is 5.91 Å². The van der Waals surface area contributed by atoms with E-state index < -0.39 is 0 Å². The largest absolute Gasteiger partial charge is 0.362 e. The number of amides is 2. The molecule has 2 aromatic carbocycles. The molecule has 4 rings (SSSR count). The van der Waals surface area contributed by atoms with Gasteiger partial charge in [0.1, 0.15) is 0 Å². The Hall–Kier alpha value is -3.12. The number of nitrogens with one attached hydrogen (secondary N) is 1. The Balaban J connectivity index is 1.40. The standard InChI is InChI=1S/C25H27N3O2S/c1-2-27(21-8-4-3-5-9-21)18-24(29)26-20-13-11-19(12-14-20)25(30)28-16-7-6-10-23-22(28)15-17-31-23/h3-5,8-9,11-15,17H,2,6-7,10,16,18H2,1H3,(H,26,29). The Bertz CT molecular complexity index is 1030. The zero-order valence-corrected chi connectivity index (χ0v) is 18.5. The summed E-state index contributed by atoms with van der Waals surface area (Å²) in [6.07, 6.45) is 3.16. The van der Waals surface area contributed by atoms with Gasteiger partial charge in [-0.3, -0.25) is 9.59 Å². The van der Waals surface area contributed by atoms with Gasteiger partial charge in [-0.1, -0.05) is 18.2 Å². The predicted octanol–water partition coefficient (Wildman–Crippen LogP) is 5.20. The van der Waals surface area contributed by atoms with E-state index in [1.54, 1.807) is 35.6 Å². The van der Waals surface area contributed by atoms with Crippen LogP contribution in [0, 0.1) is 0 Å². The van der Waals surface area contributed by atoms with Gasteiger partial charge in [0.05, 0.1) is 12.2 Å². The second-order valence-corrected chi connectivity index (χ2v) is 8.62. The van der Waals surface area contributed by atoms with Crippen LogP contribution in [0.4, 0.5) is 17.1 Å². The number of thiophene rings is 1. The van der Waals surface area contributed by atoms with Crippen LogP contribution in [-0.4, -0.2) is 31.4 Å². The smallest absolute Gasteiger partial charge is 0.258 e. The fourth-order valence-corrected chi connectivity index (χ4v) is 4.82. The summed E-state index contributed by atoms with van der Waals surface area (Å²) in [4.78, 5) is 30.9. The van der Waals surface area contributed by atoms with Crippen molar-refractivity contribution in [2.24, 2.45) is 0 Å². The first-order valence-electron chi connectivity index (χ1n) is 10.7. The zero-order valence-electron chi connectivity index (χ0n) is 17.7. The molecule has 2 amide bonds. The van der Waals surface area contributed by atoms with E-state index in [1.165, 1.54) is 4.88 Å². The molecule has 0 spiro atoms. The maximum absolute atomic E-state index is 13.1. The Morgan fingerprint density at radius 1 is 1.03 bits per heavy atom. The molecule has 0 atom stereocenters. The van der Waals surface area contributed by atoms with Gasteiger partial charge in [-0.05, 0) is 74.0 Å². The van der Waals surface area contributed by atoms with Crippen molar-refractivity contribution in [1.82, 2.24) is 0 Å². The average molecular weight is 434 g/mol. The van der Waals surface area contributed by atoms with E-state index in [2.05, 4.69) is 10.7 Å². The fourth-order valence-electron chi connectivity index (χ4n) is 3.90. The van der Waals surface area contributed by atoms with Crippen molar-refractivity contribution < 1.29 is 9.59 Å². The molecule has 1 N–H and O–H groups in total. The molecule has 1 aliphatic rings. The minimum atomic E-state index is -0.0831. The van der Waals surface area contributed by atoms with Crippen LogP contribution in [0.3, 0.4) is 0 Å². The van der Waals surface area contributed by atoms with Gasteiger partial charge in [-0.2, -0.15) is 0 Å². The summed E-state index contributed by atoms with van der Waals surface area (Å²) in [6.45, 7) is 3.79. The lowest BCUT2D eigenvalue weighted by Crippen LogP contribution is -2.33. The number of carbonyl (C=O) groups is 2. The topological polar surface area (TPSA) is 52.7 Å². The molecule has 1 aromatic heterocycles. The SMILES string of the molecule is CCN(CC(=O)Nc1ccc(C(=O)N2CCCCc3sccc32)cc1)c1ccccc1. The van der Waals surface area contributed by atoms with Crippen LogP contribution in [0.15, 0.2) is 66.0 Å². The third-order valence-corrected chi connectivity index (χ3v) is 6.52. The Morgan fingerprint density at radius 3 is 2.55 bits per heavy atom. The number of carbonyl (C=O) groups excluding carboxylic acids is 2. The highest BCUT2D eigenvalue weighted by Gasteiger charge is 2.23. The molecule has 5 nitrogen and oxygen atoms in total. The monoisotopic (exact) mass is 433 g/mol. The molecule has 0 bridgehead atoms. The number of benzene rings is 2. The van der Waals surface area contributed by atoms with Crippen LogP contribution < -0.4 is 15.1 Å². The molecule has 0 saturated carbocycles. The predicted molar refractivity (Wildman–Crippen MR) is 128 cm³/mol. The van der Waals surface area contributed by atoms with E-state index in [0.29, 0.717) is 11.3 Å². The number of hydrogen-bond donors (Lipinski definition) is 1. The first-order valence-corrected chi connectivity index (χ1v) is 11.6. The molecule has 0 radical (unpaired) electrons. The molecule has 0 aliphatic carbocycles. The van der Waals surface area contributed by atoms with Crippen LogP contribution >= 0.6 is 11.3 Å². The molecule has 0 saturated heterocycles. The van der Waals surface area contributed by atoms with Crippen molar-refractivity contribution in [3.63, 3.8) is 0 Å². The highest BCUT2D eigenvalue weighted by molar-refractivity contribution is 7.10. The number of anilines is 3. The number of hydrogen-bond acceptors (Lipinski definition) is 4. The summed E-state index contributed by atoms with van der Waals surface area (Å²) in [5.41, 5.74) is 3.39. The van der Waals surface area contributed by atoms with E-state index in [0.717, 1.165) is 43.7 Å². The van der Waals surface area contributed by atoms with Crippen molar-refractivity contribution in [3.8, 4) is 0 Å². The van der Waals surface area contributed by atoms with E-state index in [-0.39, 0.29) is 18.4 Å². The first kappa shape index (κ1) is 21.1. The van der Waals surface area contributed by atoms with Gasteiger partial charge in [0, 0.05) is 34.9 Å². The lowest BCUT2D eigenvalue weighted by atomic mass is 10.1. The van der Waals surface area contributed by atoms with Crippen molar-refractivity contribution >= 4 is 40.2 Å². The highest BCUT2D eigenvalue weighted by Crippen LogP contribution is 2.32. The Kier molecular flexibility index (Phi) is 6.67. The van der Waals surface area contributed by atoms with Crippen LogP contribution in [0.2, 0.25) is 0 Å².